The average Bonchev–Trinajstić information content (AvgIpc) is 3.52. The number of piperazine rings is 1. The lowest BCUT2D eigenvalue weighted by Crippen LogP contribution is -2.44. The van der Waals surface area contributed by atoms with Gasteiger partial charge in [-0.05, 0) is 18.6 Å². The van der Waals surface area contributed by atoms with E-state index in [0.717, 1.165) is 31.4 Å². The number of nitrogens with one attached hydrogen (secondary N) is 3. The molecular weight excluding hydrogens is 412 g/mol. The van der Waals surface area contributed by atoms with Gasteiger partial charge in [0.25, 0.3) is 5.91 Å². The van der Waals surface area contributed by atoms with E-state index in [9.17, 15) is 9.18 Å². The highest BCUT2D eigenvalue weighted by Crippen LogP contribution is 2.37. The SMILES string of the molecule is Cn1ncc(Nc2ccc(F)c(NC(=O)c3cscn3)c2F)c1N1C[C@@H]2C[C@H]1CN2. The first-order chi connectivity index (χ1) is 14.5. The van der Waals surface area contributed by atoms with E-state index < -0.39 is 23.2 Å². The van der Waals surface area contributed by atoms with Crippen molar-refractivity contribution < 1.29 is 13.6 Å². The van der Waals surface area contributed by atoms with Crippen LogP contribution in [0.4, 0.5) is 31.7 Å². The van der Waals surface area contributed by atoms with Crippen LogP contribution in [0.1, 0.15) is 16.9 Å². The first-order valence-electron chi connectivity index (χ1n) is 9.48. The monoisotopic (exact) mass is 431 g/mol. The van der Waals surface area contributed by atoms with Crippen molar-refractivity contribution >= 4 is 40.1 Å². The summed E-state index contributed by atoms with van der Waals surface area (Å²) in [5, 5.41) is 14.6. The van der Waals surface area contributed by atoms with Crippen LogP contribution in [0, 0.1) is 11.6 Å². The summed E-state index contributed by atoms with van der Waals surface area (Å²) in [5.41, 5.74) is 1.72. The van der Waals surface area contributed by atoms with Gasteiger partial charge < -0.3 is 20.9 Å². The molecule has 30 heavy (non-hydrogen) atoms. The third-order valence-electron chi connectivity index (χ3n) is 5.50. The molecule has 2 bridgehead atoms. The molecule has 4 heterocycles. The second-order valence-electron chi connectivity index (χ2n) is 7.39. The van der Waals surface area contributed by atoms with E-state index in [1.165, 1.54) is 28.3 Å². The minimum absolute atomic E-state index is 0.0432. The number of rotatable bonds is 5. The molecule has 2 fully saturated rings. The van der Waals surface area contributed by atoms with Crippen LogP contribution in [0.2, 0.25) is 0 Å². The molecule has 156 valence electrons. The highest BCUT2D eigenvalue weighted by molar-refractivity contribution is 7.07. The number of aromatic nitrogens is 3. The molecule has 3 aromatic rings. The van der Waals surface area contributed by atoms with E-state index in [4.69, 9.17) is 0 Å². The number of fused-ring (bicyclic) bond motifs is 2. The Morgan fingerprint density at radius 3 is 2.90 bits per heavy atom. The molecule has 2 aliphatic heterocycles. The first-order valence-corrected chi connectivity index (χ1v) is 10.4. The topological polar surface area (TPSA) is 87.1 Å². The van der Waals surface area contributed by atoms with Gasteiger partial charge in [-0.2, -0.15) is 5.10 Å². The lowest BCUT2D eigenvalue weighted by atomic mass is 10.2. The van der Waals surface area contributed by atoms with Crippen molar-refractivity contribution in [2.45, 2.75) is 18.5 Å². The van der Waals surface area contributed by atoms with Crippen molar-refractivity contribution in [2.24, 2.45) is 7.05 Å². The van der Waals surface area contributed by atoms with Gasteiger partial charge in [0.2, 0.25) is 0 Å². The van der Waals surface area contributed by atoms with Gasteiger partial charge in [-0.25, -0.2) is 13.8 Å². The van der Waals surface area contributed by atoms with Gasteiger partial charge in [0.05, 0.1) is 17.4 Å². The number of nitrogens with zero attached hydrogens (tertiary/aromatic N) is 4. The summed E-state index contributed by atoms with van der Waals surface area (Å²) >= 11 is 1.22. The number of hydrogen-bond donors (Lipinski definition) is 3. The van der Waals surface area contributed by atoms with Gasteiger partial charge in [0, 0.05) is 37.6 Å². The van der Waals surface area contributed by atoms with Crippen molar-refractivity contribution in [3.63, 3.8) is 0 Å². The predicted octanol–water partition coefficient (Wildman–Crippen LogP) is 2.70. The van der Waals surface area contributed by atoms with Crippen LogP contribution in [0.3, 0.4) is 0 Å². The molecule has 0 radical (unpaired) electrons. The van der Waals surface area contributed by atoms with E-state index in [0.29, 0.717) is 17.8 Å². The van der Waals surface area contributed by atoms with Crippen LogP contribution >= 0.6 is 11.3 Å². The molecule has 3 N–H and O–H groups in total. The van der Waals surface area contributed by atoms with E-state index >= 15 is 4.39 Å². The zero-order valence-electron chi connectivity index (χ0n) is 16.0. The molecule has 1 aromatic carbocycles. The van der Waals surface area contributed by atoms with Gasteiger partial charge in [0.15, 0.2) is 11.6 Å². The van der Waals surface area contributed by atoms with E-state index in [1.54, 1.807) is 10.9 Å². The van der Waals surface area contributed by atoms with E-state index in [-0.39, 0.29) is 11.4 Å². The normalized spacial score (nSPS) is 20.0. The summed E-state index contributed by atoms with van der Waals surface area (Å²) in [7, 11) is 1.83. The first kappa shape index (κ1) is 18.9. The Balaban J connectivity index is 1.43. The molecule has 11 heteroatoms. The lowest BCUT2D eigenvalue weighted by Gasteiger charge is -2.30. The molecule has 0 spiro atoms. The number of carbonyl (C=O) groups is 1. The summed E-state index contributed by atoms with van der Waals surface area (Å²) < 4.78 is 31.1. The zero-order chi connectivity index (χ0) is 20.8. The van der Waals surface area contributed by atoms with Crippen molar-refractivity contribution in [1.82, 2.24) is 20.1 Å². The summed E-state index contributed by atoms with van der Waals surface area (Å²) in [6.07, 6.45) is 2.67. The molecule has 2 saturated heterocycles. The maximum Gasteiger partial charge on any atom is 0.275 e. The minimum Gasteiger partial charge on any atom is -0.349 e. The Morgan fingerprint density at radius 2 is 2.20 bits per heavy atom. The smallest absolute Gasteiger partial charge is 0.275 e. The summed E-state index contributed by atoms with van der Waals surface area (Å²) in [5.74, 6) is -1.58. The molecular formula is C19H19F2N7OS. The molecule has 2 aliphatic rings. The van der Waals surface area contributed by atoms with Gasteiger partial charge in [0.1, 0.15) is 22.9 Å². The molecule has 0 saturated carbocycles. The van der Waals surface area contributed by atoms with Gasteiger partial charge in [-0.15, -0.1) is 11.3 Å². The van der Waals surface area contributed by atoms with Crippen LogP contribution in [0.5, 0.6) is 0 Å². The number of aryl methyl sites for hydroxylation is 1. The second kappa shape index (κ2) is 7.33. The quantitative estimate of drug-likeness (QED) is 0.576. The zero-order valence-corrected chi connectivity index (χ0v) is 16.8. The van der Waals surface area contributed by atoms with Crippen LogP contribution in [-0.2, 0) is 7.05 Å². The van der Waals surface area contributed by atoms with Crippen molar-refractivity contribution in [2.75, 3.05) is 28.6 Å². The molecule has 1 amide bonds. The van der Waals surface area contributed by atoms with E-state index in [2.05, 4.69) is 30.9 Å². The van der Waals surface area contributed by atoms with E-state index in [1.807, 2.05) is 7.05 Å². The minimum atomic E-state index is -0.891. The van der Waals surface area contributed by atoms with Crippen LogP contribution in [0.25, 0.3) is 0 Å². The number of halogens is 2. The summed E-state index contributed by atoms with van der Waals surface area (Å²) in [6, 6.07) is 3.21. The Kier molecular flexibility index (Phi) is 4.63. The number of carbonyl (C=O) groups excluding carboxylic acids is 1. The average molecular weight is 431 g/mol. The molecule has 2 aromatic heterocycles. The van der Waals surface area contributed by atoms with Gasteiger partial charge >= 0.3 is 0 Å². The summed E-state index contributed by atoms with van der Waals surface area (Å²) in [4.78, 5) is 18.3. The third kappa shape index (κ3) is 3.19. The molecule has 2 atom stereocenters. The predicted molar refractivity (Wildman–Crippen MR) is 110 cm³/mol. The van der Waals surface area contributed by atoms with Crippen LogP contribution in [-0.4, -0.2) is 45.8 Å². The maximum atomic E-state index is 15.1. The number of benzene rings is 1. The summed E-state index contributed by atoms with van der Waals surface area (Å²) in [6.45, 7) is 1.74. The molecule has 8 nitrogen and oxygen atoms in total. The second-order valence-corrected chi connectivity index (χ2v) is 8.11. The third-order valence-corrected chi connectivity index (χ3v) is 6.09. The fraction of sp³-hybridized carbons (Fsp3) is 0.316. The van der Waals surface area contributed by atoms with Crippen LogP contribution in [0.15, 0.2) is 29.2 Å². The number of anilines is 4. The van der Waals surface area contributed by atoms with Crippen LogP contribution < -0.4 is 20.9 Å². The Labute approximate surface area is 174 Å². The standard InChI is InChI=1S/C19H19F2N7OS/c1-27-19(28-7-10-4-11(28)5-22-10)14(6-24-27)25-13-3-2-12(20)17(16(13)21)26-18(29)15-8-30-9-23-15/h2-3,6,8-11,22,25H,4-5,7H2,1H3,(H,26,29)/t10-,11-/m0/s1. The highest BCUT2D eigenvalue weighted by atomic mass is 32.1. The fourth-order valence-electron chi connectivity index (χ4n) is 4.09. The lowest BCUT2D eigenvalue weighted by molar-refractivity contribution is 0.102. The number of hydrogen-bond acceptors (Lipinski definition) is 7. The number of thiazole rings is 1. The molecule has 0 aliphatic carbocycles. The van der Waals surface area contributed by atoms with Gasteiger partial charge in [-0.3, -0.25) is 9.48 Å². The van der Waals surface area contributed by atoms with Crippen molar-refractivity contribution in [1.29, 1.82) is 0 Å². The largest absolute Gasteiger partial charge is 0.349 e. The fourth-order valence-corrected chi connectivity index (χ4v) is 4.62. The Hall–Kier alpha value is -3.05. The van der Waals surface area contributed by atoms with Crippen molar-refractivity contribution in [3.05, 3.63) is 46.5 Å². The van der Waals surface area contributed by atoms with Gasteiger partial charge in [-0.1, -0.05) is 0 Å². The number of amides is 1. The maximum absolute atomic E-state index is 15.1. The Morgan fingerprint density at radius 1 is 1.33 bits per heavy atom. The molecule has 0 unspecified atom stereocenters. The van der Waals surface area contributed by atoms with Crippen molar-refractivity contribution in [3.8, 4) is 0 Å². The Bertz CT molecular complexity index is 1100. The molecule has 5 rings (SSSR count). The highest BCUT2D eigenvalue weighted by Gasteiger charge is 2.39.